The third-order valence-electron chi connectivity index (χ3n) is 6.18. The van der Waals surface area contributed by atoms with Crippen molar-refractivity contribution >= 4 is 11.5 Å². The summed E-state index contributed by atoms with van der Waals surface area (Å²) < 4.78 is 2.19. The molecule has 1 aliphatic carbocycles. The molecule has 0 amide bonds. The number of pyridine rings is 3. The molecular formula is C25H28N6. The molecule has 6 heteroatoms. The lowest BCUT2D eigenvalue weighted by atomic mass is 9.91. The van der Waals surface area contributed by atoms with Gasteiger partial charge in [0.05, 0.1) is 23.1 Å². The number of anilines is 1. The highest BCUT2D eigenvalue weighted by Gasteiger charge is 2.26. The molecule has 1 atom stereocenters. The van der Waals surface area contributed by atoms with Crippen molar-refractivity contribution in [2.75, 3.05) is 26.0 Å². The van der Waals surface area contributed by atoms with Gasteiger partial charge in [0.1, 0.15) is 11.5 Å². The van der Waals surface area contributed by atoms with Crippen molar-refractivity contribution in [2.24, 2.45) is 0 Å². The first-order valence-electron chi connectivity index (χ1n) is 10.9. The van der Waals surface area contributed by atoms with Crippen LogP contribution >= 0.6 is 0 Å². The molecule has 0 radical (unpaired) electrons. The molecule has 4 aromatic rings. The maximum Gasteiger partial charge on any atom is 0.137 e. The van der Waals surface area contributed by atoms with E-state index >= 15 is 0 Å². The van der Waals surface area contributed by atoms with E-state index in [1.807, 2.05) is 43.5 Å². The maximum atomic E-state index is 5.02. The first-order chi connectivity index (χ1) is 15.1. The summed E-state index contributed by atoms with van der Waals surface area (Å²) in [5.74, 6) is 0.938. The molecule has 0 spiro atoms. The van der Waals surface area contributed by atoms with Gasteiger partial charge in [0, 0.05) is 44.8 Å². The lowest BCUT2D eigenvalue weighted by Gasteiger charge is -2.32. The largest absolute Gasteiger partial charge is 0.363 e. The van der Waals surface area contributed by atoms with E-state index in [0.717, 1.165) is 47.8 Å². The molecule has 0 aliphatic heterocycles. The Morgan fingerprint density at radius 1 is 1.03 bits per heavy atom. The molecule has 1 aliphatic rings. The van der Waals surface area contributed by atoms with Crippen molar-refractivity contribution < 1.29 is 0 Å². The van der Waals surface area contributed by atoms with Crippen LogP contribution < -0.4 is 4.90 Å². The van der Waals surface area contributed by atoms with Crippen LogP contribution in [0.4, 0.5) is 5.82 Å². The molecule has 0 saturated heterocycles. The molecule has 31 heavy (non-hydrogen) atoms. The van der Waals surface area contributed by atoms with E-state index in [-0.39, 0.29) is 0 Å². The lowest BCUT2D eigenvalue weighted by molar-refractivity contribution is 0.207. The molecule has 4 heterocycles. The van der Waals surface area contributed by atoms with Gasteiger partial charge in [-0.15, -0.1) is 0 Å². The molecule has 0 aromatic carbocycles. The predicted molar refractivity (Wildman–Crippen MR) is 124 cm³/mol. The summed E-state index contributed by atoms with van der Waals surface area (Å²) in [5.41, 5.74) is 6.90. The highest BCUT2D eigenvalue weighted by atomic mass is 15.2. The number of hydrogen-bond acceptors (Lipinski definition) is 5. The predicted octanol–water partition coefficient (Wildman–Crippen LogP) is 4.37. The second-order valence-corrected chi connectivity index (χ2v) is 8.50. The van der Waals surface area contributed by atoms with E-state index in [1.54, 1.807) is 0 Å². The van der Waals surface area contributed by atoms with Crippen molar-refractivity contribution in [3.8, 4) is 11.3 Å². The molecule has 6 nitrogen and oxygen atoms in total. The number of aromatic nitrogens is 4. The fourth-order valence-corrected chi connectivity index (χ4v) is 4.63. The quantitative estimate of drug-likeness (QED) is 0.487. The van der Waals surface area contributed by atoms with Gasteiger partial charge in [-0.1, -0.05) is 12.1 Å². The van der Waals surface area contributed by atoms with Crippen molar-refractivity contribution in [1.82, 2.24) is 24.3 Å². The van der Waals surface area contributed by atoms with Gasteiger partial charge in [-0.3, -0.25) is 14.3 Å². The Hall–Kier alpha value is -3.25. The molecule has 0 N–H and O–H groups in total. The normalized spacial score (nSPS) is 15.9. The highest BCUT2D eigenvalue weighted by molar-refractivity contribution is 5.69. The summed E-state index contributed by atoms with van der Waals surface area (Å²) in [7, 11) is 6.23. The summed E-state index contributed by atoms with van der Waals surface area (Å²) in [5, 5.41) is 0. The summed E-state index contributed by atoms with van der Waals surface area (Å²) >= 11 is 0. The number of rotatable bonds is 5. The Morgan fingerprint density at radius 2 is 1.94 bits per heavy atom. The van der Waals surface area contributed by atoms with Gasteiger partial charge in [0.2, 0.25) is 0 Å². The van der Waals surface area contributed by atoms with Gasteiger partial charge >= 0.3 is 0 Å². The van der Waals surface area contributed by atoms with Crippen molar-refractivity contribution in [3.63, 3.8) is 0 Å². The molecule has 0 bridgehead atoms. The van der Waals surface area contributed by atoms with E-state index in [2.05, 4.69) is 57.9 Å². The van der Waals surface area contributed by atoms with E-state index in [1.165, 1.54) is 17.7 Å². The van der Waals surface area contributed by atoms with Gasteiger partial charge in [0.25, 0.3) is 0 Å². The average molecular weight is 413 g/mol. The molecule has 4 aromatic heterocycles. The zero-order chi connectivity index (χ0) is 21.4. The smallest absolute Gasteiger partial charge is 0.137 e. The van der Waals surface area contributed by atoms with Crippen LogP contribution in [0.3, 0.4) is 0 Å². The van der Waals surface area contributed by atoms with Gasteiger partial charge < -0.3 is 4.90 Å². The lowest BCUT2D eigenvalue weighted by Crippen LogP contribution is -2.28. The average Bonchev–Trinajstić information content (AvgIpc) is 3.16. The first-order valence-corrected chi connectivity index (χ1v) is 10.9. The second-order valence-electron chi connectivity index (χ2n) is 8.50. The van der Waals surface area contributed by atoms with Crippen LogP contribution in [0.5, 0.6) is 0 Å². The molecule has 5 rings (SSSR count). The summed E-state index contributed by atoms with van der Waals surface area (Å²) in [6, 6.07) is 15.0. The Balaban J connectivity index is 1.55. The van der Waals surface area contributed by atoms with Gasteiger partial charge in [-0.25, -0.2) is 9.97 Å². The minimum atomic E-state index is 0.317. The fraction of sp³-hybridized carbons (Fsp3) is 0.320. The third kappa shape index (κ3) is 3.68. The zero-order valence-corrected chi connectivity index (χ0v) is 18.4. The van der Waals surface area contributed by atoms with Crippen molar-refractivity contribution in [3.05, 3.63) is 78.0 Å². The van der Waals surface area contributed by atoms with E-state index in [0.29, 0.717) is 6.04 Å². The van der Waals surface area contributed by atoms with Crippen molar-refractivity contribution in [2.45, 2.75) is 31.8 Å². The van der Waals surface area contributed by atoms with Gasteiger partial charge in [0.15, 0.2) is 0 Å². The van der Waals surface area contributed by atoms with Crippen LogP contribution in [-0.4, -0.2) is 45.4 Å². The fourth-order valence-electron chi connectivity index (χ4n) is 4.63. The summed E-state index contributed by atoms with van der Waals surface area (Å²) in [6.45, 7) is 0.761. The van der Waals surface area contributed by atoms with Crippen LogP contribution in [0.2, 0.25) is 0 Å². The number of imidazole rings is 1. The van der Waals surface area contributed by atoms with Crippen molar-refractivity contribution in [1.29, 1.82) is 0 Å². The standard InChI is InChI=1S/C25H28N6/c1-29(2)23-16-19(12-14-26-23)25-20(28-22-11-4-5-15-31(22)25)17-30(3)21-10-6-8-18-9-7-13-27-24(18)21/h4-5,7,9,11-16,21H,6,8,10,17H2,1-3H3/t21-/m0/s1. The molecule has 0 unspecified atom stereocenters. The van der Waals surface area contributed by atoms with Crippen LogP contribution in [-0.2, 0) is 13.0 Å². The third-order valence-corrected chi connectivity index (χ3v) is 6.18. The number of fused-ring (bicyclic) bond motifs is 2. The zero-order valence-electron chi connectivity index (χ0n) is 18.4. The SMILES string of the molecule is CN(C)c1cc(-c2c(CN(C)[C@H]3CCCc4cccnc43)nc3ccccn23)ccn1. The number of hydrogen-bond donors (Lipinski definition) is 0. The van der Waals surface area contributed by atoms with Crippen LogP contribution in [0, 0.1) is 0 Å². The maximum absolute atomic E-state index is 5.02. The summed E-state index contributed by atoms with van der Waals surface area (Å²) in [4.78, 5) is 18.7. The van der Waals surface area contributed by atoms with Crippen LogP contribution in [0.15, 0.2) is 61.1 Å². The first kappa shape index (κ1) is 19.7. The Bertz CT molecular complexity index is 1210. The Morgan fingerprint density at radius 3 is 2.81 bits per heavy atom. The van der Waals surface area contributed by atoms with Gasteiger partial charge in [-0.2, -0.15) is 0 Å². The molecular weight excluding hydrogens is 384 g/mol. The topological polar surface area (TPSA) is 49.6 Å². The number of nitrogens with zero attached hydrogens (tertiary/aromatic N) is 6. The van der Waals surface area contributed by atoms with Crippen LogP contribution in [0.25, 0.3) is 16.9 Å². The molecule has 0 saturated carbocycles. The minimum Gasteiger partial charge on any atom is -0.363 e. The molecule has 158 valence electrons. The minimum absolute atomic E-state index is 0.317. The highest BCUT2D eigenvalue weighted by Crippen LogP contribution is 2.34. The monoisotopic (exact) mass is 412 g/mol. The second kappa shape index (κ2) is 8.12. The van der Waals surface area contributed by atoms with E-state index in [9.17, 15) is 0 Å². The Kier molecular flexibility index (Phi) is 5.16. The van der Waals surface area contributed by atoms with Gasteiger partial charge in [-0.05, 0) is 62.2 Å². The Labute approximate surface area is 183 Å². The summed E-state index contributed by atoms with van der Waals surface area (Å²) in [6.07, 6.45) is 9.33. The molecule has 0 fully saturated rings. The van der Waals surface area contributed by atoms with E-state index < -0.39 is 0 Å². The van der Waals surface area contributed by atoms with E-state index in [4.69, 9.17) is 9.97 Å². The number of aryl methyl sites for hydroxylation is 1. The van der Waals surface area contributed by atoms with Crippen LogP contribution in [0.1, 0.15) is 35.8 Å².